The molecule has 0 radical (unpaired) electrons. The van der Waals surface area contributed by atoms with Gasteiger partial charge in [-0.25, -0.2) is 4.79 Å². The Morgan fingerprint density at radius 2 is 1.53 bits per heavy atom. The number of ether oxygens (including phenoxy) is 2. The summed E-state index contributed by atoms with van der Waals surface area (Å²) in [5.41, 5.74) is 3.08. The molecule has 0 fully saturated rings. The van der Waals surface area contributed by atoms with Crippen LogP contribution >= 0.6 is 0 Å². The summed E-state index contributed by atoms with van der Waals surface area (Å²) in [5, 5.41) is 2.81. The smallest absolute Gasteiger partial charge is 0.338 e. The van der Waals surface area contributed by atoms with Gasteiger partial charge < -0.3 is 14.8 Å². The molecule has 0 atom stereocenters. The van der Waals surface area contributed by atoms with Gasteiger partial charge in [0, 0.05) is 5.69 Å². The maximum Gasteiger partial charge on any atom is 0.338 e. The van der Waals surface area contributed by atoms with Gasteiger partial charge in [0.1, 0.15) is 12.4 Å². The molecular formula is C25H25NO4. The lowest BCUT2D eigenvalue weighted by molar-refractivity contribution is -0.119. The van der Waals surface area contributed by atoms with Crippen LogP contribution in [-0.2, 0) is 16.1 Å². The molecule has 0 unspecified atom stereocenters. The Hall–Kier alpha value is -3.60. The normalized spacial score (nSPS) is 10.5. The lowest BCUT2D eigenvalue weighted by Crippen LogP contribution is -2.21. The second-order valence-corrected chi connectivity index (χ2v) is 7.16. The third kappa shape index (κ3) is 5.95. The number of para-hydroxylation sites is 2. The summed E-state index contributed by atoms with van der Waals surface area (Å²) in [4.78, 5) is 24.4. The Labute approximate surface area is 176 Å². The molecule has 30 heavy (non-hydrogen) atoms. The van der Waals surface area contributed by atoms with Gasteiger partial charge in [-0.1, -0.05) is 62.4 Å². The minimum atomic E-state index is -0.544. The molecule has 0 spiro atoms. The number of anilines is 1. The number of nitrogens with one attached hydrogen (secondary N) is 1. The fraction of sp³-hybridized carbons (Fsp3) is 0.200. The van der Waals surface area contributed by atoms with E-state index in [4.69, 9.17) is 9.47 Å². The van der Waals surface area contributed by atoms with Crippen molar-refractivity contribution in [2.24, 2.45) is 0 Å². The number of amides is 1. The van der Waals surface area contributed by atoms with Crippen molar-refractivity contribution in [1.82, 2.24) is 0 Å². The number of benzene rings is 3. The average molecular weight is 403 g/mol. The second-order valence-electron chi connectivity index (χ2n) is 7.16. The molecule has 0 saturated carbocycles. The number of hydrogen-bond acceptors (Lipinski definition) is 4. The number of rotatable bonds is 8. The summed E-state index contributed by atoms with van der Waals surface area (Å²) in [6, 6.07) is 24.0. The Morgan fingerprint density at radius 1 is 0.867 bits per heavy atom. The monoisotopic (exact) mass is 403 g/mol. The van der Waals surface area contributed by atoms with Crippen LogP contribution in [-0.4, -0.2) is 18.5 Å². The van der Waals surface area contributed by atoms with Crippen LogP contribution in [0.3, 0.4) is 0 Å². The van der Waals surface area contributed by atoms with Gasteiger partial charge in [0.25, 0.3) is 5.91 Å². The van der Waals surface area contributed by atoms with E-state index in [2.05, 4.69) is 19.2 Å². The predicted octanol–water partition coefficient (Wildman–Crippen LogP) is 5.18. The van der Waals surface area contributed by atoms with E-state index in [0.717, 1.165) is 22.6 Å². The topological polar surface area (TPSA) is 64.6 Å². The van der Waals surface area contributed by atoms with Crippen molar-refractivity contribution in [3.63, 3.8) is 0 Å². The standard InChI is InChI=1S/C25H25NO4/c1-18(2)22-10-6-7-11-23(22)26-24(27)17-30-25(28)20-14-12-19(13-15-20)16-29-21-8-4-3-5-9-21/h3-15,18H,16-17H2,1-2H3,(H,26,27). The van der Waals surface area contributed by atoms with Crippen LogP contribution in [0.5, 0.6) is 5.75 Å². The molecule has 0 saturated heterocycles. The van der Waals surface area contributed by atoms with Crippen LogP contribution in [0.25, 0.3) is 0 Å². The molecule has 5 heteroatoms. The van der Waals surface area contributed by atoms with Crippen molar-refractivity contribution in [3.8, 4) is 5.75 Å². The third-order valence-corrected chi connectivity index (χ3v) is 4.53. The third-order valence-electron chi connectivity index (χ3n) is 4.53. The maximum absolute atomic E-state index is 12.2. The van der Waals surface area contributed by atoms with Crippen molar-refractivity contribution in [3.05, 3.63) is 95.6 Å². The first-order valence-electron chi connectivity index (χ1n) is 9.85. The minimum Gasteiger partial charge on any atom is -0.489 e. The van der Waals surface area contributed by atoms with E-state index in [-0.39, 0.29) is 18.4 Å². The zero-order valence-corrected chi connectivity index (χ0v) is 17.1. The summed E-state index contributed by atoms with van der Waals surface area (Å²) in [6.07, 6.45) is 0. The SMILES string of the molecule is CC(C)c1ccccc1NC(=O)COC(=O)c1ccc(COc2ccccc2)cc1. The Kier molecular flexibility index (Phi) is 7.22. The molecule has 0 bridgehead atoms. The van der Waals surface area contributed by atoms with E-state index in [9.17, 15) is 9.59 Å². The highest BCUT2D eigenvalue weighted by molar-refractivity contribution is 5.96. The Morgan fingerprint density at radius 3 is 2.23 bits per heavy atom. The Balaban J connectivity index is 1.49. The van der Waals surface area contributed by atoms with E-state index >= 15 is 0 Å². The first-order valence-corrected chi connectivity index (χ1v) is 9.85. The molecule has 3 rings (SSSR count). The quantitative estimate of drug-likeness (QED) is 0.526. The summed E-state index contributed by atoms with van der Waals surface area (Å²) in [5.74, 6) is 0.140. The summed E-state index contributed by atoms with van der Waals surface area (Å²) >= 11 is 0. The van der Waals surface area contributed by atoms with Crippen LogP contribution < -0.4 is 10.1 Å². The summed E-state index contributed by atoms with van der Waals surface area (Å²) in [6.45, 7) is 4.17. The molecule has 1 N–H and O–H groups in total. The second kappa shape index (κ2) is 10.3. The van der Waals surface area contributed by atoms with Gasteiger partial charge in [0.05, 0.1) is 5.56 Å². The molecule has 0 aromatic heterocycles. The van der Waals surface area contributed by atoms with E-state index in [1.54, 1.807) is 24.3 Å². The number of carbonyl (C=O) groups excluding carboxylic acids is 2. The average Bonchev–Trinajstić information content (AvgIpc) is 2.77. The molecule has 0 aliphatic carbocycles. The van der Waals surface area contributed by atoms with Gasteiger partial charge in [-0.2, -0.15) is 0 Å². The molecule has 154 valence electrons. The van der Waals surface area contributed by atoms with Gasteiger partial charge in [0.15, 0.2) is 6.61 Å². The van der Waals surface area contributed by atoms with Crippen molar-refractivity contribution in [2.45, 2.75) is 26.4 Å². The van der Waals surface area contributed by atoms with E-state index in [0.29, 0.717) is 12.2 Å². The van der Waals surface area contributed by atoms with Crippen molar-refractivity contribution in [1.29, 1.82) is 0 Å². The number of esters is 1. The number of hydrogen-bond donors (Lipinski definition) is 1. The largest absolute Gasteiger partial charge is 0.489 e. The first-order chi connectivity index (χ1) is 14.5. The Bertz CT molecular complexity index is 982. The molecule has 0 aliphatic rings. The van der Waals surface area contributed by atoms with Crippen molar-refractivity contribution >= 4 is 17.6 Å². The number of carbonyl (C=O) groups is 2. The fourth-order valence-corrected chi connectivity index (χ4v) is 2.94. The molecule has 0 heterocycles. The maximum atomic E-state index is 12.2. The molecule has 3 aromatic carbocycles. The minimum absolute atomic E-state index is 0.272. The van der Waals surface area contributed by atoms with Crippen LogP contribution in [0.4, 0.5) is 5.69 Å². The first kappa shape index (κ1) is 21.1. The van der Waals surface area contributed by atoms with Crippen molar-refractivity contribution < 1.29 is 19.1 Å². The zero-order valence-electron chi connectivity index (χ0n) is 17.1. The molecule has 3 aromatic rings. The van der Waals surface area contributed by atoms with Gasteiger partial charge in [-0.05, 0) is 47.4 Å². The molecule has 0 aliphatic heterocycles. The van der Waals surface area contributed by atoms with Crippen LogP contribution in [0.1, 0.15) is 41.3 Å². The van der Waals surface area contributed by atoms with Gasteiger partial charge in [0.2, 0.25) is 0 Å². The van der Waals surface area contributed by atoms with E-state index in [1.165, 1.54) is 0 Å². The van der Waals surface area contributed by atoms with Crippen LogP contribution in [0, 0.1) is 0 Å². The molecule has 5 nitrogen and oxygen atoms in total. The predicted molar refractivity (Wildman–Crippen MR) is 117 cm³/mol. The fourth-order valence-electron chi connectivity index (χ4n) is 2.94. The highest BCUT2D eigenvalue weighted by Gasteiger charge is 2.13. The zero-order chi connectivity index (χ0) is 21.3. The lowest BCUT2D eigenvalue weighted by Gasteiger charge is -2.13. The molecular weight excluding hydrogens is 378 g/mol. The summed E-state index contributed by atoms with van der Waals surface area (Å²) < 4.78 is 10.8. The van der Waals surface area contributed by atoms with Gasteiger partial charge >= 0.3 is 5.97 Å². The van der Waals surface area contributed by atoms with Gasteiger partial charge in [-0.3, -0.25) is 4.79 Å². The summed E-state index contributed by atoms with van der Waals surface area (Å²) in [7, 11) is 0. The highest BCUT2D eigenvalue weighted by Crippen LogP contribution is 2.23. The van der Waals surface area contributed by atoms with Crippen LogP contribution in [0.15, 0.2) is 78.9 Å². The lowest BCUT2D eigenvalue weighted by atomic mass is 10.0. The highest BCUT2D eigenvalue weighted by atomic mass is 16.5. The van der Waals surface area contributed by atoms with E-state index in [1.807, 2.05) is 54.6 Å². The molecule has 1 amide bonds. The van der Waals surface area contributed by atoms with E-state index < -0.39 is 5.97 Å². The van der Waals surface area contributed by atoms with Crippen LogP contribution in [0.2, 0.25) is 0 Å². The van der Waals surface area contributed by atoms with Gasteiger partial charge in [-0.15, -0.1) is 0 Å². The van der Waals surface area contributed by atoms with Crippen molar-refractivity contribution in [2.75, 3.05) is 11.9 Å².